The second kappa shape index (κ2) is 9.05. The van der Waals surface area contributed by atoms with Crippen LogP contribution in [-0.2, 0) is 4.74 Å². The third kappa shape index (κ3) is 4.72. The van der Waals surface area contributed by atoms with Crippen molar-refractivity contribution in [3.63, 3.8) is 0 Å². The van der Waals surface area contributed by atoms with E-state index in [-0.39, 0.29) is 18.6 Å². The molecule has 3 aromatic rings. The lowest BCUT2D eigenvalue weighted by molar-refractivity contribution is -0.0224. The number of aliphatic hydroxyl groups excluding tert-OH is 1. The van der Waals surface area contributed by atoms with Gasteiger partial charge in [0, 0.05) is 40.1 Å². The first-order valence-corrected chi connectivity index (χ1v) is 11.1. The normalized spacial score (nSPS) is 19.5. The summed E-state index contributed by atoms with van der Waals surface area (Å²) in [5.41, 5.74) is 2.01. The van der Waals surface area contributed by atoms with Crippen LogP contribution in [0.5, 0.6) is 0 Å². The Bertz CT molecular complexity index is 917. The van der Waals surface area contributed by atoms with Gasteiger partial charge in [-0.2, -0.15) is 0 Å². The van der Waals surface area contributed by atoms with Gasteiger partial charge in [0.05, 0.1) is 11.8 Å². The lowest BCUT2D eigenvalue weighted by atomic mass is 9.93. The van der Waals surface area contributed by atoms with E-state index >= 15 is 0 Å². The number of pyridine rings is 1. The molecule has 1 aliphatic rings. The Labute approximate surface area is 173 Å². The maximum absolute atomic E-state index is 9.61. The molecule has 0 radical (unpaired) electrons. The highest BCUT2D eigenvalue weighted by atomic mass is 32.2. The number of ether oxygens (including phenoxy) is 1. The fourth-order valence-corrected chi connectivity index (χ4v) is 4.80. The summed E-state index contributed by atoms with van der Waals surface area (Å²) in [5.74, 6) is 1.04. The molecule has 0 saturated carbocycles. The number of hydrogen-bond acceptors (Lipinski definition) is 7. The molecule has 0 bridgehead atoms. The van der Waals surface area contributed by atoms with Crippen LogP contribution in [-0.4, -0.2) is 28.3 Å². The zero-order valence-corrected chi connectivity index (χ0v) is 17.3. The van der Waals surface area contributed by atoms with E-state index in [1.807, 2.05) is 36.7 Å². The molecule has 2 unspecified atom stereocenters. The summed E-state index contributed by atoms with van der Waals surface area (Å²) >= 11 is 3.25. The molecule has 0 aliphatic carbocycles. The van der Waals surface area contributed by atoms with Crippen LogP contribution < -0.4 is 5.32 Å². The summed E-state index contributed by atoms with van der Waals surface area (Å²) < 4.78 is 6.07. The molecule has 7 heteroatoms. The molecule has 1 aliphatic heterocycles. The molecule has 1 saturated heterocycles. The summed E-state index contributed by atoms with van der Waals surface area (Å²) in [6.07, 6.45) is 3.49. The molecule has 0 amide bonds. The summed E-state index contributed by atoms with van der Waals surface area (Å²) in [7, 11) is 0. The minimum Gasteiger partial charge on any atom is -0.396 e. The number of aromatic nitrogens is 2. The van der Waals surface area contributed by atoms with E-state index < -0.39 is 0 Å². The average Bonchev–Trinajstić information content (AvgIpc) is 3.14. The molecule has 2 aromatic heterocycles. The number of nitrogens with zero attached hydrogens (tertiary/aromatic N) is 2. The monoisotopic (exact) mass is 413 g/mol. The van der Waals surface area contributed by atoms with Crippen molar-refractivity contribution >= 4 is 34.0 Å². The minimum absolute atomic E-state index is 0.0849. The molecular weight excluding hydrogens is 390 g/mol. The van der Waals surface area contributed by atoms with Gasteiger partial charge in [0.1, 0.15) is 5.82 Å². The van der Waals surface area contributed by atoms with E-state index in [2.05, 4.69) is 28.5 Å². The first-order chi connectivity index (χ1) is 13.7. The molecule has 0 spiro atoms. The van der Waals surface area contributed by atoms with Crippen molar-refractivity contribution < 1.29 is 9.84 Å². The summed E-state index contributed by atoms with van der Waals surface area (Å²) in [6.45, 7) is 2.83. The van der Waals surface area contributed by atoms with Gasteiger partial charge in [0.15, 0.2) is 5.13 Å². The molecular formula is C21H23N3O2S2. The van der Waals surface area contributed by atoms with Crippen molar-refractivity contribution in [1.82, 2.24) is 9.97 Å². The van der Waals surface area contributed by atoms with Crippen molar-refractivity contribution in [2.75, 3.05) is 18.5 Å². The van der Waals surface area contributed by atoms with Crippen LogP contribution in [0.15, 0.2) is 57.8 Å². The topological polar surface area (TPSA) is 67.3 Å². The SMILES string of the molecule is Cc1csc(Nc2ncc(Sc3ccccc3)cc2C2CC(CO)CCO2)n1. The molecule has 4 rings (SSSR count). The van der Waals surface area contributed by atoms with E-state index in [9.17, 15) is 5.11 Å². The van der Waals surface area contributed by atoms with Crippen LogP contribution >= 0.6 is 23.1 Å². The van der Waals surface area contributed by atoms with Gasteiger partial charge in [-0.25, -0.2) is 9.97 Å². The Hall–Kier alpha value is -1.93. The average molecular weight is 414 g/mol. The Morgan fingerprint density at radius 3 is 2.89 bits per heavy atom. The second-order valence-corrected chi connectivity index (χ2v) is 8.88. The number of thiazole rings is 1. The summed E-state index contributed by atoms with van der Waals surface area (Å²) in [5, 5.41) is 15.8. The molecule has 146 valence electrons. The van der Waals surface area contributed by atoms with Crippen molar-refractivity contribution in [3.05, 3.63) is 59.2 Å². The molecule has 2 N–H and O–H groups in total. The van der Waals surface area contributed by atoms with Gasteiger partial charge in [-0.05, 0) is 43.9 Å². The number of aryl methyl sites for hydroxylation is 1. The van der Waals surface area contributed by atoms with Crippen LogP contribution in [0.25, 0.3) is 0 Å². The van der Waals surface area contributed by atoms with Crippen LogP contribution in [0.3, 0.4) is 0 Å². The van der Waals surface area contributed by atoms with Crippen LogP contribution in [0, 0.1) is 12.8 Å². The molecule has 1 aromatic carbocycles. The second-order valence-electron chi connectivity index (χ2n) is 6.88. The highest BCUT2D eigenvalue weighted by molar-refractivity contribution is 7.99. The van der Waals surface area contributed by atoms with Crippen LogP contribution in [0.1, 0.15) is 30.2 Å². The van der Waals surface area contributed by atoms with E-state index in [1.165, 1.54) is 4.90 Å². The number of anilines is 2. The van der Waals surface area contributed by atoms with Gasteiger partial charge in [0.2, 0.25) is 0 Å². The summed E-state index contributed by atoms with van der Waals surface area (Å²) in [4.78, 5) is 11.4. The number of hydrogen-bond donors (Lipinski definition) is 2. The van der Waals surface area contributed by atoms with Gasteiger partial charge in [0.25, 0.3) is 0 Å². The molecule has 2 atom stereocenters. The Kier molecular flexibility index (Phi) is 6.26. The van der Waals surface area contributed by atoms with Crippen molar-refractivity contribution in [1.29, 1.82) is 0 Å². The Balaban J connectivity index is 1.64. The minimum atomic E-state index is -0.0849. The van der Waals surface area contributed by atoms with Gasteiger partial charge in [-0.1, -0.05) is 30.0 Å². The first-order valence-electron chi connectivity index (χ1n) is 9.35. The lowest BCUT2D eigenvalue weighted by Gasteiger charge is -2.29. The molecule has 1 fully saturated rings. The molecule has 3 heterocycles. The Morgan fingerprint density at radius 2 is 2.14 bits per heavy atom. The van der Waals surface area contributed by atoms with Crippen LogP contribution in [0.4, 0.5) is 10.9 Å². The Morgan fingerprint density at radius 1 is 1.29 bits per heavy atom. The number of nitrogens with one attached hydrogen (secondary N) is 1. The zero-order chi connectivity index (χ0) is 19.3. The predicted octanol–water partition coefficient (Wildman–Crippen LogP) is 5.20. The maximum atomic E-state index is 9.61. The fraction of sp³-hybridized carbons (Fsp3) is 0.333. The van der Waals surface area contributed by atoms with Crippen molar-refractivity contribution in [3.8, 4) is 0 Å². The third-order valence-corrected chi connectivity index (χ3v) is 6.56. The lowest BCUT2D eigenvalue weighted by Crippen LogP contribution is -2.23. The largest absolute Gasteiger partial charge is 0.396 e. The van der Waals surface area contributed by atoms with Gasteiger partial charge < -0.3 is 15.2 Å². The van der Waals surface area contributed by atoms with Crippen molar-refractivity contribution in [2.24, 2.45) is 5.92 Å². The highest BCUT2D eigenvalue weighted by Crippen LogP contribution is 2.38. The maximum Gasteiger partial charge on any atom is 0.188 e. The number of rotatable bonds is 6. The summed E-state index contributed by atoms with van der Waals surface area (Å²) in [6, 6.07) is 12.4. The van der Waals surface area contributed by atoms with Gasteiger partial charge in [-0.3, -0.25) is 0 Å². The van der Waals surface area contributed by atoms with Crippen LogP contribution in [0.2, 0.25) is 0 Å². The van der Waals surface area contributed by atoms with E-state index in [0.717, 1.165) is 39.9 Å². The highest BCUT2D eigenvalue weighted by Gasteiger charge is 2.26. The number of aliphatic hydroxyl groups is 1. The fourth-order valence-electron chi connectivity index (χ4n) is 3.25. The quantitative estimate of drug-likeness (QED) is 0.579. The van der Waals surface area contributed by atoms with Gasteiger partial charge in [-0.15, -0.1) is 11.3 Å². The molecule has 5 nitrogen and oxygen atoms in total. The van der Waals surface area contributed by atoms with Gasteiger partial charge >= 0.3 is 0 Å². The first kappa shape index (κ1) is 19.4. The number of benzene rings is 1. The molecule has 28 heavy (non-hydrogen) atoms. The smallest absolute Gasteiger partial charge is 0.188 e. The zero-order valence-electron chi connectivity index (χ0n) is 15.7. The predicted molar refractivity (Wildman–Crippen MR) is 113 cm³/mol. The standard InChI is InChI=1S/C21H23N3O2S2/c1-14-13-27-21(23-14)24-20-18(19-9-15(12-25)7-8-26-19)10-17(11-22-20)28-16-5-3-2-4-6-16/h2-6,10-11,13,15,19,25H,7-9,12H2,1H3,(H,22,23,24). The van der Waals surface area contributed by atoms with E-state index in [0.29, 0.717) is 6.61 Å². The van der Waals surface area contributed by atoms with Crippen molar-refractivity contribution in [2.45, 2.75) is 35.7 Å². The van der Waals surface area contributed by atoms with E-state index in [4.69, 9.17) is 9.72 Å². The third-order valence-electron chi connectivity index (χ3n) is 4.71. The van der Waals surface area contributed by atoms with E-state index in [1.54, 1.807) is 23.1 Å².